The van der Waals surface area contributed by atoms with Crippen molar-refractivity contribution in [3.8, 4) is 0 Å². The molecule has 148 valence electrons. The maximum Gasteiger partial charge on any atom is 0.338 e. The average Bonchev–Trinajstić information content (AvgIpc) is 2.99. The molecular formula is C20H18Br2O6. The van der Waals surface area contributed by atoms with E-state index < -0.39 is 11.9 Å². The Morgan fingerprint density at radius 3 is 1.96 bits per heavy atom. The number of esters is 2. The third kappa shape index (κ3) is 6.76. The number of benzene rings is 2. The van der Waals surface area contributed by atoms with Gasteiger partial charge >= 0.3 is 17.9 Å². The maximum absolute atomic E-state index is 11.7. The summed E-state index contributed by atoms with van der Waals surface area (Å²) in [6.07, 6.45) is 0.291. The number of cyclic esters (lactones) is 1. The van der Waals surface area contributed by atoms with Crippen LogP contribution in [0, 0.1) is 5.92 Å². The third-order valence-corrected chi connectivity index (χ3v) is 4.93. The van der Waals surface area contributed by atoms with Crippen LogP contribution in [0.5, 0.6) is 0 Å². The zero-order valence-electron chi connectivity index (χ0n) is 14.9. The standard InChI is InChI=1S/C13H13BrO4.C7H5BrO2/c1-8-6-11(18-12(8)15)7-17-13(16)9-2-4-10(14)5-3-9;8-6-3-1-5(2-4-6)7(9)10/h2-5,8,11H,6-7H2,1H3;1-4H,(H,9,10). The zero-order chi connectivity index (χ0) is 20.7. The normalized spacial score (nSPS) is 17.9. The SMILES string of the molecule is CC1CC(COC(=O)c2ccc(Br)cc2)OC1=O.O=C(O)c1ccc(Br)cc1. The molecule has 2 unspecified atom stereocenters. The van der Waals surface area contributed by atoms with Gasteiger partial charge in [0.15, 0.2) is 0 Å². The lowest BCUT2D eigenvalue weighted by Crippen LogP contribution is -2.18. The van der Waals surface area contributed by atoms with Gasteiger partial charge in [-0.2, -0.15) is 0 Å². The molecule has 2 atom stereocenters. The van der Waals surface area contributed by atoms with Crippen LogP contribution in [0.15, 0.2) is 57.5 Å². The smallest absolute Gasteiger partial charge is 0.338 e. The van der Waals surface area contributed by atoms with Gasteiger partial charge in [-0.3, -0.25) is 4.79 Å². The van der Waals surface area contributed by atoms with Crippen LogP contribution < -0.4 is 0 Å². The molecule has 0 radical (unpaired) electrons. The van der Waals surface area contributed by atoms with Crippen LogP contribution in [0.2, 0.25) is 0 Å². The molecule has 3 rings (SSSR count). The van der Waals surface area contributed by atoms with Crippen LogP contribution in [0.1, 0.15) is 34.1 Å². The Hall–Kier alpha value is -2.19. The van der Waals surface area contributed by atoms with Crippen molar-refractivity contribution in [1.29, 1.82) is 0 Å². The molecule has 0 saturated carbocycles. The first-order valence-corrected chi connectivity index (χ1v) is 9.97. The Bertz CT molecular complexity index is 833. The number of carbonyl (C=O) groups excluding carboxylic acids is 2. The number of rotatable bonds is 4. The highest BCUT2D eigenvalue weighted by molar-refractivity contribution is 9.10. The molecule has 0 aromatic heterocycles. The van der Waals surface area contributed by atoms with Gasteiger partial charge in [0.2, 0.25) is 0 Å². The van der Waals surface area contributed by atoms with Gasteiger partial charge < -0.3 is 14.6 Å². The molecule has 2 aromatic rings. The van der Waals surface area contributed by atoms with E-state index in [1.165, 1.54) is 0 Å². The fourth-order valence-electron chi connectivity index (χ4n) is 2.35. The quantitative estimate of drug-likeness (QED) is 0.596. The molecule has 0 spiro atoms. The summed E-state index contributed by atoms with van der Waals surface area (Å²) in [5.41, 5.74) is 0.791. The van der Waals surface area contributed by atoms with E-state index in [9.17, 15) is 14.4 Å². The molecule has 0 amide bonds. The Kier molecular flexibility index (Phi) is 8.19. The average molecular weight is 514 g/mol. The summed E-state index contributed by atoms with van der Waals surface area (Å²) < 4.78 is 12.0. The minimum atomic E-state index is -0.896. The zero-order valence-corrected chi connectivity index (χ0v) is 18.1. The van der Waals surface area contributed by atoms with Gasteiger partial charge in [-0.15, -0.1) is 0 Å². The van der Waals surface area contributed by atoms with Crippen LogP contribution in [0.25, 0.3) is 0 Å². The molecule has 1 N–H and O–H groups in total. The molecule has 28 heavy (non-hydrogen) atoms. The predicted octanol–water partition coefficient (Wildman–Crippen LogP) is 4.70. The van der Waals surface area contributed by atoms with E-state index in [4.69, 9.17) is 14.6 Å². The molecule has 1 aliphatic heterocycles. The van der Waals surface area contributed by atoms with Crippen molar-refractivity contribution >= 4 is 49.8 Å². The Balaban J connectivity index is 0.000000237. The largest absolute Gasteiger partial charge is 0.478 e. The first kappa shape index (κ1) is 22.1. The van der Waals surface area contributed by atoms with Crippen molar-refractivity contribution in [2.75, 3.05) is 6.61 Å². The topological polar surface area (TPSA) is 89.9 Å². The van der Waals surface area contributed by atoms with E-state index in [2.05, 4.69) is 31.9 Å². The highest BCUT2D eigenvalue weighted by Crippen LogP contribution is 2.21. The van der Waals surface area contributed by atoms with Crippen molar-refractivity contribution in [2.24, 2.45) is 5.92 Å². The monoisotopic (exact) mass is 512 g/mol. The number of halogens is 2. The number of carboxylic acids is 1. The van der Waals surface area contributed by atoms with Gasteiger partial charge in [0.05, 0.1) is 17.0 Å². The lowest BCUT2D eigenvalue weighted by atomic mass is 10.1. The highest BCUT2D eigenvalue weighted by atomic mass is 79.9. The van der Waals surface area contributed by atoms with Gasteiger partial charge in [-0.05, 0) is 48.5 Å². The number of aromatic carboxylic acids is 1. The number of hydrogen-bond acceptors (Lipinski definition) is 5. The first-order valence-electron chi connectivity index (χ1n) is 8.38. The van der Waals surface area contributed by atoms with Gasteiger partial charge in [-0.1, -0.05) is 38.8 Å². The second-order valence-corrected chi connectivity index (χ2v) is 7.94. The van der Waals surface area contributed by atoms with Crippen LogP contribution in [0.3, 0.4) is 0 Å². The van der Waals surface area contributed by atoms with E-state index in [0.29, 0.717) is 17.5 Å². The van der Waals surface area contributed by atoms with E-state index >= 15 is 0 Å². The van der Waals surface area contributed by atoms with Gasteiger partial charge in [0.25, 0.3) is 0 Å². The first-order chi connectivity index (χ1) is 13.3. The minimum absolute atomic E-state index is 0.110. The summed E-state index contributed by atoms with van der Waals surface area (Å²) in [5, 5.41) is 8.46. The van der Waals surface area contributed by atoms with E-state index in [1.54, 1.807) is 55.5 Å². The molecule has 0 aliphatic carbocycles. The summed E-state index contributed by atoms with van der Waals surface area (Å²) in [6.45, 7) is 1.92. The van der Waals surface area contributed by atoms with E-state index in [-0.39, 0.29) is 24.6 Å². The number of ether oxygens (including phenoxy) is 2. The summed E-state index contributed by atoms with van der Waals surface area (Å²) in [7, 11) is 0. The molecule has 1 aliphatic rings. The maximum atomic E-state index is 11.7. The molecule has 6 nitrogen and oxygen atoms in total. The fraction of sp³-hybridized carbons (Fsp3) is 0.250. The Morgan fingerprint density at radius 1 is 1.04 bits per heavy atom. The van der Waals surface area contributed by atoms with Crippen LogP contribution in [0.4, 0.5) is 0 Å². The third-order valence-electron chi connectivity index (χ3n) is 3.87. The molecule has 1 saturated heterocycles. The van der Waals surface area contributed by atoms with Gasteiger partial charge in [0, 0.05) is 15.4 Å². The van der Waals surface area contributed by atoms with Gasteiger partial charge in [-0.25, -0.2) is 9.59 Å². The number of carboxylic acid groups (broad SMARTS) is 1. The van der Waals surface area contributed by atoms with Crippen molar-refractivity contribution < 1.29 is 29.0 Å². The molecule has 8 heteroatoms. The Morgan fingerprint density at radius 2 is 1.54 bits per heavy atom. The summed E-state index contributed by atoms with van der Waals surface area (Å²) in [4.78, 5) is 33.2. The molecule has 0 bridgehead atoms. The van der Waals surface area contributed by atoms with Crippen LogP contribution in [-0.4, -0.2) is 35.7 Å². The highest BCUT2D eigenvalue weighted by Gasteiger charge is 2.31. The Labute approximate surface area is 179 Å². The number of carbonyl (C=O) groups is 3. The van der Waals surface area contributed by atoms with Crippen molar-refractivity contribution in [1.82, 2.24) is 0 Å². The minimum Gasteiger partial charge on any atom is -0.478 e. The van der Waals surface area contributed by atoms with E-state index in [1.807, 2.05) is 0 Å². The van der Waals surface area contributed by atoms with Crippen molar-refractivity contribution in [2.45, 2.75) is 19.4 Å². The molecule has 2 aromatic carbocycles. The summed E-state index contributed by atoms with van der Waals surface area (Å²) in [5.74, 6) is -1.63. The lowest BCUT2D eigenvalue weighted by Gasteiger charge is -2.09. The second-order valence-electron chi connectivity index (χ2n) is 6.11. The van der Waals surface area contributed by atoms with Crippen molar-refractivity contribution in [3.63, 3.8) is 0 Å². The fourth-order valence-corrected chi connectivity index (χ4v) is 2.88. The van der Waals surface area contributed by atoms with Crippen molar-refractivity contribution in [3.05, 3.63) is 68.6 Å². The van der Waals surface area contributed by atoms with Crippen LogP contribution >= 0.6 is 31.9 Å². The molecular weight excluding hydrogens is 496 g/mol. The van der Waals surface area contributed by atoms with Gasteiger partial charge in [0.1, 0.15) is 12.7 Å². The summed E-state index contributed by atoms with van der Waals surface area (Å²) >= 11 is 6.49. The molecule has 1 heterocycles. The predicted molar refractivity (Wildman–Crippen MR) is 109 cm³/mol. The van der Waals surface area contributed by atoms with E-state index in [0.717, 1.165) is 8.95 Å². The second kappa shape index (κ2) is 10.4. The van der Waals surface area contributed by atoms with Crippen LogP contribution in [-0.2, 0) is 14.3 Å². The number of hydrogen-bond donors (Lipinski definition) is 1. The summed E-state index contributed by atoms with van der Waals surface area (Å²) in [6, 6.07) is 13.4. The lowest BCUT2D eigenvalue weighted by molar-refractivity contribution is -0.145. The molecule has 1 fully saturated rings.